The lowest BCUT2D eigenvalue weighted by molar-refractivity contribution is -0.137. The van der Waals surface area contributed by atoms with Crippen LogP contribution < -0.4 is 5.32 Å². The summed E-state index contributed by atoms with van der Waals surface area (Å²) in [4.78, 5) is 22.0. The Morgan fingerprint density at radius 2 is 1.94 bits per heavy atom. The molecule has 4 nitrogen and oxygen atoms in total. The lowest BCUT2D eigenvalue weighted by atomic mass is 9.94. The molecule has 4 heteroatoms. The molecule has 0 aromatic rings. The maximum Gasteiger partial charge on any atom is 0.303 e. The second kappa shape index (κ2) is 8.72. The van der Waals surface area contributed by atoms with E-state index in [1.807, 2.05) is 0 Å². The van der Waals surface area contributed by atoms with Crippen molar-refractivity contribution < 1.29 is 14.7 Å². The number of unbranched alkanes of at least 4 members (excludes halogenated alkanes) is 3. The SMILES string of the molecule is O=C(O)CCCCCCNC(=O)C1CC=CCC1. The molecule has 0 saturated heterocycles. The number of amides is 1. The van der Waals surface area contributed by atoms with Crippen LogP contribution in [0.25, 0.3) is 0 Å². The normalized spacial score (nSPS) is 18.6. The average molecular weight is 253 g/mol. The van der Waals surface area contributed by atoms with Crippen LogP contribution in [0.2, 0.25) is 0 Å². The van der Waals surface area contributed by atoms with Gasteiger partial charge in [0.05, 0.1) is 0 Å². The van der Waals surface area contributed by atoms with E-state index in [-0.39, 0.29) is 18.2 Å². The number of aliphatic carboxylic acids is 1. The third-order valence-corrected chi connectivity index (χ3v) is 3.26. The molecule has 1 unspecified atom stereocenters. The Hall–Kier alpha value is -1.32. The first-order valence-corrected chi connectivity index (χ1v) is 6.84. The topological polar surface area (TPSA) is 66.4 Å². The minimum atomic E-state index is -0.728. The van der Waals surface area contributed by atoms with E-state index in [0.717, 1.165) is 44.9 Å². The molecule has 0 saturated carbocycles. The summed E-state index contributed by atoms with van der Waals surface area (Å²) in [7, 11) is 0. The zero-order chi connectivity index (χ0) is 13.2. The Morgan fingerprint density at radius 1 is 1.17 bits per heavy atom. The molecule has 0 spiro atoms. The van der Waals surface area contributed by atoms with Gasteiger partial charge in [0, 0.05) is 18.9 Å². The van der Waals surface area contributed by atoms with Crippen LogP contribution in [0.3, 0.4) is 0 Å². The van der Waals surface area contributed by atoms with Gasteiger partial charge < -0.3 is 10.4 Å². The van der Waals surface area contributed by atoms with E-state index >= 15 is 0 Å². The van der Waals surface area contributed by atoms with Crippen LogP contribution >= 0.6 is 0 Å². The molecule has 1 atom stereocenters. The molecule has 102 valence electrons. The Kier molecular flexibility index (Phi) is 7.14. The predicted molar refractivity (Wildman–Crippen MR) is 70.2 cm³/mol. The van der Waals surface area contributed by atoms with Gasteiger partial charge >= 0.3 is 5.97 Å². The zero-order valence-corrected chi connectivity index (χ0v) is 10.9. The van der Waals surface area contributed by atoms with Crippen molar-refractivity contribution in [1.82, 2.24) is 5.32 Å². The van der Waals surface area contributed by atoms with Crippen molar-refractivity contribution in [3.05, 3.63) is 12.2 Å². The summed E-state index contributed by atoms with van der Waals surface area (Å²) in [5.74, 6) is -0.402. The second-order valence-corrected chi connectivity index (χ2v) is 4.83. The number of carbonyl (C=O) groups is 2. The number of carboxylic acid groups (broad SMARTS) is 1. The van der Waals surface area contributed by atoms with E-state index in [2.05, 4.69) is 17.5 Å². The first-order valence-electron chi connectivity index (χ1n) is 6.84. The molecule has 0 aromatic heterocycles. The predicted octanol–water partition coefficient (Wildman–Crippen LogP) is 2.49. The van der Waals surface area contributed by atoms with Crippen LogP contribution in [-0.4, -0.2) is 23.5 Å². The Morgan fingerprint density at radius 3 is 2.61 bits per heavy atom. The fourth-order valence-corrected chi connectivity index (χ4v) is 2.14. The first-order chi connectivity index (χ1) is 8.70. The number of hydrogen-bond acceptors (Lipinski definition) is 2. The van der Waals surface area contributed by atoms with E-state index in [9.17, 15) is 9.59 Å². The summed E-state index contributed by atoms with van der Waals surface area (Å²) in [6, 6.07) is 0. The van der Waals surface area contributed by atoms with Crippen LogP contribution in [0.5, 0.6) is 0 Å². The summed E-state index contributed by atoms with van der Waals surface area (Å²) >= 11 is 0. The van der Waals surface area contributed by atoms with Crippen molar-refractivity contribution >= 4 is 11.9 Å². The van der Waals surface area contributed by atoms with Gasteiger partial charge in [0.1, 0.15) is 0 Å². The summed E-state index contributed by atoms with van der Waals surface area (Å²) in [6.45, 7) is 0.714. The minimum absolute atomic E-state index is 0.155. The zero-order valence-electron chi connectivity index (χ0n) is 10.9. The van der Waals surface area contributed by atoms with E-state index in [1.54, 1.807) is 0 Å². The standard InChI is InChI=1S/C14H23NO3/c16-13(17)10-6-1-2-7-11-15-14(18)12-8-4-3-5-9-12/h3-4,12H,1-2,5-11H2,(H,15,18)(H,16,17). The maximum absolute atomic E-state index is 11.8. The van der Waals surface area contributed by atoms with Gasteiger partial charge in [0.2, 0.25) is 5.91 Å². The van der Waals surface area contributed by atoms with Crippen molar-refractivity contribution in [3.63, 3.8) is 0 Å². The third-order valence-electron chi connectivity index (χ3n) is 3.26. The number of hydrogen-bond donors (Lipinski definition) is 2. The molecule has 0 radical (unpaired) electrons. The highest BCUT2D eigenvalue weighted by Gasteiger charge is 2.17. The van der Waals surface area contributed by atoms with Crippen LogP contribution in [0.15, 0.2) is 12.2 Å². The van der Waals surface area contributed by atoms with Gasteiger partial charge in [-0.25, -0.2) is 0 Å². The third kappa shape index (κ3) is 6.42. The molecule has 2 N–H and O–H groups in total. The number of nitrogens with one attached hydrogen (secondary N) is 1. The highest BCUT2D eigenvalue weighted by molar-refractivity contribution is 5.78. The molecule has 0 aliphatic heterocycles. The first kappa shape index (κ1) is 14.7. The molecule has 1 aliphatic rings. The Balaban J connectivity index is 1.95. The van der Waals surface area contributed by atoms with Crippen LogP contribution in [0.1, 0.15) is 51.4 Å². The average Bonchev–Trinajstić information content (AvgIpc) is 2.38. The molecular formula is C14H23NO3. The number of carboxylic acids is 1. The molecule has 1 amide bonds. The summed E-state index contributed by atoms with van der Waals surface area (Å²) < 4.78 is 0. The molecule has 1 rings (SSSR count). The van der Waals surface area contributed by atoms with Crippen molar-refractivity contribution in [3.8, 4) is 0 Å². The van der Waals surface area contributed by atoms with E-state index in [0.29, 0.717) is 6.54 Å². The minimum Gasteiger partial charge on any atom is -0.481 e. The summed E-state index contributed by atoms with van der Waals surface area (Å²) in [6.07, 6.45) is 10.9. The van der Waals surface area contributed by atoms with Crippen LogP contribution in [0, 0.1) is 5.92 Å². The van der Waals surface area contributed by atoms with Crippen LogP contribution in [-0.2, 0) is 9.59 Å². The fourth-order valence-electron chi connectivity index (χ4n) is 2.14. The Labute approximate surface area is 108 Å². The molecular weight excluding hydrogens is 230 g/mol. The van der Waals surface area contributed by atoms with Gasteiger partial charge in [0.15, 0.2) is 0 Å². The largest absolute Gasteiger partial charge is 0.481 e. The fraction of sp³-hybridized carbons (Fsp3) is 0.714. The monoisotopic (exact) mass is 253 g/mol. The summed E-state index contributed by atoms with van der Waals surface area (Å²) in [5, 5.41) is 11.4. The molecule has 0 fully saturated rings. The molecule has 0 aromatic carbocycles. The molecule has 18 heavy (non-hydrogen) atoms. The van der Waals surface area contributed by atoms with Crippen molar-refractivity contribution in [2.75, 3.05) is 6.54 Å². The number of rotatable bonds is 8. The van der Waals surface area contributed by atoms with Gasteiger partial charge in [-0.3, -0.25) is 9.59 Å². The van der Waals surface area contributed by atoms with E-state index < -0.39 is 5.97 Å². The highest BCUT2D eigenvalue weighted by atomic mass is 16.4. The van der Waals surface area contributed by atoms with E-state index in [1.165, 1.54) is 0 Å². The number of carbonyl (C=O) groups excluding carboxylic acids is 1. The molecule has 0 bridgehead atoms. The van der Waals surface area contributed by atoms with Gasteiger partial charge in [0.25, 0.3) is 0 Å². The van der Waals surface area contributed by atoms with Gasteiger partial charge in [-0.05, 0) is 32.1 Å². The van der Waals surface area contributed by atoms with Crippen LogP contribution in [0.4, 0.5) is 0 Å². The van der Waals surface area contributed by atoms with Crippen molar-refractivity contribution in [2.45, 2.75) is 51.4 Å². The van der Waals surface area contributed by atoms with Gasteiger partial charge in [-0.15, -0.1) is 0 Å². The quantitative estimate of drug-likeness (QED) is 0.516. The lowest BCUT2D eigenvalue weighted by Gasteiger charge is -2.17. The Bertz CT molecular complexity index is 299. The lowest BCUT2D eigenvalue weighted by Crippen LogP contribution is -2.31. The number of allylic oxidation sites excluding steroid dienone is 2. The smallest absolute Gasteiger partial charge is 0.303 e. The summed E-state index contributed by atoms with van der Waals surface area (Å²) in [5.41, 5.74) is 0. The molecule has 0 heterocycles. The van der Waals surface area contributed by atoms with Crippen molar-refractivity contribution in [1.29, 1.82) is 0 Å². The van der Waals surface area contributed by atoms with Crippen molar-refractivity contribution in [2.24, 2.45) is 5.92 Å². The van der Waals surface area contributed by atoms with Gasteiger partial charge in [-0.1, -0.05) is 25.0 Å². The highest BCUT2D eigenvalue weighted by Crippen LogP contribution is 2.17. The molecule has 1 aliphatic carbocycles. The second-order valence-electron chi connectivity index (χ2n) is 4.83. The van der Waals surface area contributed by atoms with Gasteiger partial charge in [-0.2, -0.15) is 0 Å². The maximum atomic E-state index is 11.8. The van der Waals surface area contributed by atoms with E-state index in [4.69, 9.17) is 5.11 Å².